The van der Waals surface area contributed by atoms with Crippen molar-refractivity contribution >= 4 is 29.3 Å². The molecule has 0 atom stereocenters. The third-order valence-electron chi connectivity index (χ3n) is 2.65. The lowest BCUT2D eigenvalue weighted by Gasteiger charge is -2.07. The largest absolute Gasteiger partial charge is 0.398 e. The number of carbonyl (C=O) groups is 2. The molecule has 0 bridgehead atoms. The molecule has 0 saturated carbocycles. The highest BCUT2D eigenvalue weighted by atomic mass is 32.2. The molecule has 6 heteroatoms. The number of nitrogen functional groups attached to an aromatic ring is 1. The first-order valence-electron chi connectivity index (χ1n) is 5.72. The Morgan fingerprint density at radius 3 is 3.06 bits per heavy atom. The van der Waals surface area contributed by atoms with Gasteiger partial charge in [0.1, 0.15) is 0 Å². The maximum Gasteiger partial charge on any atom is 0.251 e. The van der Waals surface area contributed by atoms with Gasteiger partial charge in [-0.15, -0.1) is 11.8 Å². The number of anilines is 1. The summed E-state index contributed by atoms with van der Waals surface area (Å²) >= 11 is 1.39. The lowest BCUT2D eigenvalue weighted by molar-refractivity contribution is -0.118. The van der Waals surface area contributed by atoms with E-state index in [1.54, 1.807) is 6.07 Å². The Labute approximate surface area is 110 Å². The van der Waals surface area contributed by atoms with Crippen molar-refractivity contribution in [3.63, 3.8) is 0 Å². The molecule has 2 amide bonds. The van der Waals surface area contributed by atoms with Gasteiger partial charge >= 0.3 is 0 Å². The van der Waals surface area contributed by atoms with Crippen LogP contribution in [0, 0.1) is 0 Å². The number of rotatable bonds is 4. The molecule has 1 aromatic carbocycles. The number of benzene rings is 1. The van der Waals surface area contributed by atoms with Crippen LogP contribution in [0.3, 0.4) is 0 Å². The summed E-state index contributed by atoms with van der Waals surface area (Å²) in [6.07, 6.45) is 0. The summed E-state index contributed by atoms with van der Waals surface area (Å²) in [4.78, 5) is 23.7. The maximum absolute atomic E-state index is 11.4. The van der Waals surface area contributed by atoms with Gasteiger partial charge < -0.3 is 16.4 Å². The third-order valence-corrected chi connectivity index (χ3v) is 3.72. The van der Waals surface area contributed by atoms with E-state index in [0.717, 1.165) is 10.5 Å². The zero-order valence-corrected chi connectivity index (χ0v) is 10.9. The highest BCUT2D eigenvalue weighted by molar-refractivity contribution is 8.00. The van der Waals surface area contributed by atoms with Gasteiger partial charge in [-0.1, -0.05) is 0 Å². The SMILES string of the molecule is CCNC(=O)CSc1cc2c(cc1N)C(=O)NC2. The summed E-state index contributed by atoms with van der Waals surface area (Å²) < 4.78 is 0. The minimum absolute atomic E-state index is 0.0170. The number of nitrogens with two attached hydrogens (primary N) is 1. The molecule has 0 radical (unpaired) electrons. The van der Waals surface area contributed by atoms with Crippen molar-refractivity contribution in [1.82, 2.24) is 10.6 Å². The lowest BCUT2D eigenvalue weighted by Crippen LogP contribution is -2.24. The van der Waals surface area contributed by atoms with E-state index in [1.165, 1.54) is 11.8 Å². The molecule has 2 rings (SSSR count). The number of hydrogen-bond donors (Lipinski definition) is 3. The fraction of sp³-hybridized carbons (Fsp3) is 0.333. The first-order chi connectivity index (χ1) is 8.61. The average Bonchev–Trinajstić information content (AvgIpc) is 2.68. The summed E-state index contributed by atoms with van der Waals surface area (Å²) in [5.74, 6) is 0.228. The smallest absolute Gasteiger partial charge is 0.251 e. The molecule has 1 heterocycles. The predicted octanol–water partition coefficient (Wildman–Crippen LogP) is 0.740. The molecule has 1 aliphatic heterocycles. The normalized spacial score (nSPS) is 13.1. The van der Waals surface area contributed by atoms with Gasteiger partial charge in [-0.25, -0.2) is 0 Å². The van der Waals surface area contributed by atoms with Crippen LogP contribution in [0.2, 0.25) is 0 Å². The number of thioether (sulfide) groups is 1. The van der Waals surface area contributed by atoms with Crippen LogP contribution in [0.4, 0.5) is 5.69 Å². The van der Waals surface area contributed by atoms with Crippen LogP contribution >= 0.6 is 11.8 Å². The Balaban J connectivity index is 2.10. The molecular formula is C12H15N3O2S. The summed E-state index contributed by atoms with van der Waals surface area (Å²) in [6.45, 7) is 3.03. The van der Waals surface area contributed by atoms with Crippen molar-refractivity contribution in [3.8, 4) is 0 Å². The molecule has 96 valence electrons. The summed E-state index contributed by atoms with van der Waals surface area (Å²) in [5.41, 5.74) is 8.00. The first-order valence-corrected chi connectivity index (χ1v) is 6.70. The van der Waals surface area contributed by atoms with E-state index in [4.69, 9.17) is 5.73 Å². The molecular weight excluding hydrogens is 250 g/mol. The number of nitrogens with one attached hydrogen (secondary N) is 2. The van der Waals surface area contributed by atoms with Crippen LogP contribution in [-0.4, -0.2) is 24.1 Å². The van der Waals surface area contributed by atoms with Crippen molar-refractivity contribution in [1.29, 1.82) is 0 Å². The molecule has 1 aromatic rings. The van der Waals surface area contributed by atoms with Crippen LogP contribution < -0.4 is 16.4 Å². The van der Waals surface area contributed by atoms with E-state index < -0.39 is 0 Å². The predicted molar refractivity (Wildman–Crippen MR) is 71.4 cm³/mol. The van der Waals surface area contributed by atoms with E-state index in [9.17, 15) is 9.59 Å². The van der Waals surface area contributed by atoms with E-state index >= 15 is 0 Å². The molecule has 0 fully saturated rings. The molecule has 0 saturated heterocycles. The third kappa shape index (κ3) is 2.59. The first kappa shape index (κ1) is 12.8. The van der Waals surface area contributed by atoms with Gasteiger partial charge in [0, 0.05) is 29.2 Å². The minimum Gasteiger partial charge on any atom is -0.398 e. The Hall–Kier alpha value is -1.69. The standard InChI is InChI=1S/C12H15N3O2S/c1-2-14-11(16)6-18-10-3-7-5-15-12(17)8(7)4-9(10)13/h3-4H,2,5-6,13H2,1H3,(H,14,16)(H,15,17). The zero-order valence-electron chi connectivity index (χ0n) is 10.1. The second-order valence-corrected chi connectivity index (χ2v) is 4.99. The van der Waals surface area contributed by atoms with Crippen LogP contribution in [0.1, 0.15) is 22.8 Å². The van der Waals surface area contributed by atoms with Gasteiger partial charge in [-0.3, -0.25) is 9.59 Å². The second kappa shape index (κ2) is 5.30. The number of fused-ring (bicyclic) bond motifs is 1. The molecule has 5 nitrogen and oxygen atoms in total. The van der Waals surface area contributed by atoms with Gasteiger partial charge in [-0.2, -0.15) is 0 Å². The van der Waals surface area contributed by atoms with Gasteiger partial charge in [0.05, 0.1) is 5.75 Å². The molecule has 18 heavy (non-hydrogen) atoms. The highest BCUT2D eigenvalue weighted by Crippen LogP contribution is 2.30. The molecule has 0 spiro atoms. The van der Waals surface area contributed by atoms with E-state index in [2.05, 4.69) is 10.6 Å². The van der Waals surface area contributed by atoms with Crippen molar-refractivity contribution in [3.05, 3.63) is 23.3 Å². The van der Waals surface area contributed by atoms with Gasteiger partial charge in [-0.05, 0) is 24.6 Å². The fourth-order valence-electron chi connectivity index (χ4n) is 1.78. The summed E-state index contributed by atoms with van der Waals surface area (Å²) in [7, 11) is 0. The molecule has 1 aliphatic rings. The number of carbonyl (C=O) groups excluding carboxylic acids is 2. The van der Waals surface area contributed by atoms with Gasteiger partial charge in [0.25, 0.3) is 5.91 Å². The Kier molecular flexibility index (Phi) is 3.76. The second-order valence-electron chi connectivity index (χ2n) is 3.97. The van der Waals surface area contributed by atoms with Gasteiger partial charge in [0.2, 0.25) is 5.91 Å². The quantitative estimate of drug-likeness (QED) is 0.554. The van der Waals surface area contributed by atoms with Crippen molar-refractivity contribution < 1.29 is 9.59 Å². The van der Waals surface area contributed by atoms with Crippen molar-refractivity contribution in [2.75, 3.05) is 18.0 Å². The van der Waals surface area contributed by atoms with Crippen molar-refractivity contribution in [2.45, 2.75) is 18.4 Å². The van der Waals surface area contributed by atoms with Crippen LogP contribution in [0.5, 0.6) is 0 Å². The van der Waals surface area contributed by atoms with Crippen LogP contribution in [0.25, 0.3) is 0 Å². The van der Waals surface area contributed by atoms with E-state index in [1.807, 2.05) is 13.0 Å². The minimum atomic E-state index is -0.0861. The fourth-order valence-corrected chi connectivity index (χ4v) is 2.62. The van der Waals surface area contributed by atoms with Crippen molar-refractivity contribution in [2.24, 2.45) is 0 Å². The average molecular weight is 265 g/mol. The van der Waals surface area contributed by atoms with Crippen LogP contribution in [0.15, 0.2) is 17.0 Å². The molecule has 4 N–H and O–H groups in total. The molecule has 0 aliphatic carbocycles. The van der Waals surface area contributed by atoms with Crippen LogP contribution in [-0.2, 0) is 11.3 Å². The number of hydrogen-bond acceptors (Lipinski definition) is 4. The monoisotopic (exact) mass is 265 g/mol. The molecule has 0 aromatic heterocycles. The highest BCUT2D eigenvalue weighted by Gasteiger charge is 2.20. The summed E-state index contributed by atoms with van der Waals surface area (Å²) in [6, 6.07) is 3.56. The Morgan fingerprint density at radius 1 is 1.56 bits per heavy atom. The zero-order chi connectivity index (χ0) is 13.1. The lowest BCUT2D eigenvalue weighted by atomic mass is 10.1. The maximum atomic E-state index is 11.4. The number of amides is 2. The Morgan fingerprint density at radius 2 is 2.33 bits per heavy atom. The molecule has 0 unspecified atom stereocenters. The van der Waals surface area contributed by atoms with E-state index in [-0.39, 0.29) is 11.8 Å². The van der Waals surface area contributed by atoms with Gasteiger partial charge in [0.15, 0.2) is 0 Å². The Bertz CT molecular complexity index is 502. The summed E-state index contributed by atoms with van der Waals surface area (Å²) in [5, 5.41) is 5.47. The van der Waals surface area contributed by atoms with E-state index in [0.29, 0.717) is 30.1 Å². The topological polar surface area (TPSA) is 84.2 Å².